The molecule has 3 amide bonds. The molecule has 1 atom stereocenters. The van der Waals surface area contributed by atoms with E-state index in [1.165, 1.54) is 32.8 Å². The maximum absolute atomic E-state index is 13.2. The number of fused-ring (bicyclic) bond motifs is 1. The van der Waals surface area contributed by atoms with E-state index in [1.807, 2.05) is 0 Å². The third kappa shape index (κ3) is 2.76. The van der Waals surface area contributed by atoms with Crippen LogP contribution in [0.25, 0.3) is 10.6 Å². The number of nitrogens with one attached hydrogen (secondary N) is 1. The molecule has 0 spiro atoms. The topological polar surface area (TPSA) is 127 Å². The minimum atomic E-state index is -1.27. The van der Waals surface area contributed by atoms with Crippen molar-refractivity contribution in [3.05, 3.63) is 69.8 Å². The number of hydrogen-bond donors (Lipinski definition) is 1. The summed E-state index contributed by atoms with van der Waals surface area (Å²) in [6.45, 7) is 1.54. The molecule has 1 aromatic carbocycles. The molecular weight excluding hydrogens is 408 g/mol. The van der Waals surface area contributed by atoms with Crippen molar-refractivity contribution >= 4 is 28.2 Å². The van der Waals surface area contributed by atoms with Gasteiger partial charge in [0.15, 0.2) is 4.96 Å². The largest absolute Gasteiger partial charge is 0.325 e. The molecule has 5 rings (SSSR count). The van der Waals surface area contributed by atoms with Crippen LogP contribution in [0.2, 0.25) is 0 Å². The Kier molecular flexibility index (Phi) is 3.96. The third-order valence-electron chi connectivity index (χ3n) is 4.99. The van der Waals surface area contributed by atoms with Gasteiger partial charge in [-0.1, -0.05) is 12.1 Å². The molecule has 0 bridgehead atoms. The molecule has 12 heteroatoms. The van der Waals surface area contributed by atoms with Crippen molar-refractivity contribution in [2.24, 2.45) is 0 Å². The molecule has 3 aromatic heterocycles. The Balaban J connectivity index is 1.47. The number of imide groups is 1. The number of thiazole rings is 1. The van der Waals surface area contributed by atoms with Gasteiger partial charge in [-0.2, -0.15) is 0 Å². The van der Waals surface area contributed by atoms with E-state index in [9.17, 15) is 14.4 Å². The zero-order chi connectivity index (χ0) is 20.9. The van der Waals surface area contributed by atoms with Gasteiger partial charge in [-0.25, -0.2) is 14.5 Å². The lowest BCUT2D eigenvalue weighted by atomic mass is 9.91. The number of tetrazole rings is 1. The Morgan fingerprint density at radius 1 is 1.20 bits per heavy atom. The van der Waals surface area contributed by atoms with E-state index in [4.69, 9.17) is 0 Å². The molecule has 1 aliphatic rings. The van der Waals surface area contributed by atoms with Crippen LogP contribution in [-0.4, -0.2) is 46.4 Å². The highest BCUT2D eigenvalue weighted by Gasteiger charge is 2.49. The van der Waals surface area contributed by atoms with Gasteiger partial charge in [-0.05, 0) is 35.0 Å². The van der Waals surface area contributed by atoms with E-state index in [2.05, 4.69) is 25.8 Å². The van der Waals surface area contributed by atoms with Crippen LogP contribution < -0.4 is 10.9 Å². The smallest absolute Gasteiger partial charge is 0.319 e. The highest BCUT2D eigenvalue weighted by atomic mass is 32.1. The van der Waals surface area contributed by atoms with Gasteiger partial charge >= 0.3 is 6.03 Å². The van der Waals surface area contributed by atoms with E-state index >= 15 is 0 Å². The fraction of sp³-hybridized carbons (Fsp3) is 0.167. The number of rotatable bonds is 4. The summed E-state index contributed by atoms with van der Waals surface area (Å²) in [6, 6.07) is 7.80. The molecule has 4 heterocycles. The van der Waals surface area contributed by atoms with Gasteiger partial charge in [0.25, 0.3) is 11.5 Å². The van der Waals surface area contributed by atoms with Crippen molar-refractivity contribution in [2.45, 2.75) is 19.0 Å². The fourth-order valence-electron chi connectivity index (χ4n) is 3.41. The summed E-state index contributed by atoms with van der Waals surface area (Å²) in [7, 11) is 0. The predicted octanol–water partition coefficient (Wildman–Crippen LogP) is 0.699. The quantitative estimate of drug-likeness (QED) is 0.480. The highest BCUT2D eigenvalue weighted by Crippen LogP contribution is 2.30. The Hall–Kier alpha value is -3.93. The van der Waals surface area contributed by atoms with E-state index in [-0.39, 0.29) is 12.1 Å². The molecule has 0 aliphatic carbocycles. The third-order valence-corrected chi connectivity index (χ3v) is 5.74. The Bertz CT molecular complexity index is 1340. The Morgan fingerprint density at radius 3 is 2.87 bits per heavy atom. The molecule has 11 nitrogen and oxygen atoms in total. The van der Waals surface area contributed by atoms with E-state index in [1.54, 1.807) is 42.8 Å². The maximum Gasteiger partial charge on any atom is 0.325 e. The number of aromatic nitrogens is 6. The summed E-state index contributed by atoms with van der Waals surface area (Å²) < 4.78 is 2.87. The minimum Gasteiger partial charge on any atom is -0.319 e. The first kappa shape index (κ1) is 18.1. The van der Waals surface area contributed by atoms with E-state index in [0.29, 0.717) is 21.9 Å². The number of nitrogens with zero attached hydrogens (tertiary/aromatic N) is 7. The molecular formula is C18H14N8O3S. The highest BCUT2D eigenvalue weighted by molar-refractivity contribution is 7.15. The van der Waals surface area contributed by atoms with Gasteiger partial charge in [0.05, 0.1) is 17.9 Å². The van der Waals surface area contributed by atoms with Gasteiger partial charge in [0.1, 0.15) is 11.9 Å². The normalized spacial score (nSPS) is 18.9. The first-order valence-electron chi connectivity index (χ1n) is 8.89. The second-order valence-corrected chi connectivity index (χ2v) is 7.77. The lowest BCUT2D eigenvalue weighted by molar-refractivity contribution is -0.131. The zero-order valence-electron chi connectivity index (χ0n) is 15.6. The van der Waals surface area contributed by atoms with Crippen LogP contribution in [0, 0.1) is 0 Å². The zero-order valence-corrected chi connectivity index (χ0v) is 16.4. The van der Waals surface area contributed by atoms with Gasteiger partial charge in [-0.3, -0.25) is 18.9 Å². The van der Waals surface area contributed by atoms with Gasteiger partial charge < -0.3 is 5.32 Å². The number of urea groups is 1. The molecule has 1 fully saturated rings. The van der Waals surface area contributed by atoms with E-state index < -0.39 is 17.5 Å². The second-order valence-electron chi connectivity index (χ2n) is 6.89. The van der Waals surface area contributed by atoms with Crippen molar-refractivity contribution < 1.29 is 9.59 Å². The maximum atomic E-state index is 13.2. The number of carbonyl (C=O) groups is 2. The summed E-state index contributed by atoms with van der Waals surface area (Å²) in [6.07, 6.45) is 3.06. The molecule has 4 aromatic rings. The van der Waals surface area contributed by atoms with Crippen molar-refractivity contribution in [1.29, 1.82) is 0 Å². The van der Waals surface area contributed by atoms with Crippen LogP contribution >= 0.6 is 11.3 Å². The van der Waals surface area contributed by atoms with Crippen LogP contribution in [0.4, 0.5) is 4.79 Å². The van der Waals surface area contributed by atoms with Crippen LogP contribution in [0.1, 0.15) is 18.2 Å². The summed E-state index contributed by atoms with van der Waals surface area (Å²) in [5.41, 5.74) is 0.0383. The van der Waals surface area contributed by atoms with Crippen LogP contribution in [-0.2, 0) is 16.9 Å². The lowest BCUT2D eigenvalue weighted by Gasteiger charge is -2.22. The average molecular weight is 422 g/mol. The summed E-state index contributed by atoms with van der Waals surface area (Å²) >= 11 is 1.30. The van der Waals surface area contributed by atoms with Crippen molar-refractivity contribution in [2.75, 3.05) is 0 Å². The molecule has 0 radical (unpaired) electrons. The van der Waals surface area contributed by atoms with Crippen molar-refractivity contribution in [3.63, 3.8) is 0 Å². The molecule has 0 unspecified atom stereocenters. The first-order valence-corrected chi connectivity index (χ1v) is 9.77. The van der Waals surface area contributed by atoms with Crippen LogP contribution in [0.3, 0.4) is 0 Å². The van der Waals surface area contributed by atoms with Crippen LogP contribution in [0.5, 0.6) is 0 Å². The first-order chi connectivity index (χ1) is 14.5. The monoisotopic (exact) mass is 422 g/mol. The van der Waals surface area contributed by atoms with E-state index in [0.717, 1.165) is 4.90 Å². The number of benzene rings is 1. The Labute approximate surface area is 172 Å². The van der Waals surface area contributed by atoms with Gasteiger partial charge in [-0.15, -0.1) is 16.4 Å². The van der Waals surface area contributed by atoms with Gasteiger partial charge in [0.2, 0.25) is 0 Å². The molecule has 150 valence electrons. The number of carbonyl (C=O) groups excluding carboxylic acids is 2. The summed E-state index contributed by atoms with van der Waals surface area (Å²) in [4.78, 5) is 44.0. The number of amides is 3. The predicted molar refractivity (Wildman–Crippen MR) is 105 cm³/mol. The molecule has 1 N–H and O–H groups in total. The SMILES string of the molecule is C[C@]1(c2cccc(-n3cnnn3)c2)NC(=O)N(Cc2cc(=O)n3ccsc3n2)C1=O. The Morgan fingerprint density at radius 2 is 2.07 bits per heavy atom. The minimum absolute atomic E-state index is 0.101. The van der Waals surface area contributed by atoms with Gasteiger partial charge in [0, 0.05) is 17.6 Å². The van der Waals surface area contributed by atoms with Crippen LogP contribution in [0.15, 0.2) is 53.0 Å². The lowest BCUT2D eigenvalue weighted by Crippen LogP contribution is -2.41. The standard InChI is InChI=1S/C18H14N8O3S/c1-18(11-3-2-4-13(7-11)26-10-19-22-23-26)15(28)25(16(29)21-18)9-12-8-14(27)24-5-6-30-17(24)20-12/h2-8,10H,9H2,1H3,(H,21,29)/t18-/m1/s1. The van der Waals surface area contributed by atoms with Crippen molar-refractivity contribution in [1.82, 2.24) is 39.8 Å². The second kappa shape index (κ2) is 6.56. The van der Waals surface area contributed by atoms with Crippen molar-refractivity contribution in [3.8, 4) is 5.69 Å². The average Bonchev–Trinajstić information content (AvgIpc) is 3.47. The number of hydrogen-bond acceptors (Lipinski definition) is 8. The fourth-order valence-corrected chi connectivity index (χ4v) is 4.14. The molecule has 1 saturated heterocycles. The molecule has 30 heavy (non-hydrogen) atoms. The summed E-state index contributed by atoms with van der Waals surface area (Å²) in [5.74, 6) is -0.436. The molecule has 1 aliphatic heterocycles. The molecule has 0 saturated carbocycles. The summed E-state index contributed by atoms with van der Waals surface area (Å²) in [5, 5.41) is 15.6.